The van der Waals surface area contributed by atoms with Crippen LogP contribution in [0.25, 0.3) is 11.0 Å². The predicted octanol–water partition coefficient (Wildman–Crippen LogP) is 3.31. The molecule has 1 aromatic heterocycles. The number of benzene rings is 2. The molecule has 0 bridgehead atoms. The number of fused-ring (bicyclic) bond motifs is 1. The highest BCUT2D eigenvalue weighted by molar-refractivity contribution is 5.92. The normalized spacial score (nSPS) is 10.5. The average Bonchev–Trinajstić information content (AvgIpc) is 2.65. The van der Waals surface area contributed by atoms with Gasteiger partial charge < -0.3 is 14.2 Å². The molecular formula is C19H18N2O4. The zero-order chi connectivity index (χ0) is 17.8. The summed E-state index contributed by atoms with van der Waals surface area (Å²) in [6, 6.07) is 12.5. The molecule has 1 heterocycles. The lowest BCUT2D eigenvalue weighted by molar-refractivity contribution is 0.0463. The number of ether oxygens (including phenoxy) is 3. The molecule has 0 atom stereocenters. The molecule has 0 unspecified atom stereocenters. The Balaban J connectivity index is 1.79. The van der Waals surface area contributed by atoms with Crippen molar-refractivity contribution in [2.45, 2.75) is 13.5 Å². The van der Waals surface area contributed by atoms with Crippen LogP contribution in [0, 0.1) is 6.92 Å². The van der Waals surface area contributed by atoms with Crippen LogP contribution in [-0.2, 0) is 11.3 Å². The van der Waals surface area contributed by atoms with Gasteiger partial charge >= 0.3 is 5.97 Å². The van der Waals surface area contributed by atoms with Crippen LogP contribution in [0.5, 0.6) is 11.5 Å². The second-order valence-corrected chi connectivity index (χ2v) is 5.39. The number of rotatable bonds is 5. The highest BCUT2D eigenvalue weighted by Crippen LogP contribution is 2.25. The Hall–Kier alpha value is -3.15. The summed E-state index contributed by atoms with van der Waals surface area (Å²) in [5, 5.41) is 0. The molecule has 0 aliphatic rings. The highest BCUT2D eigenvalue weighted by Gasteiger charge is 2.16. The van der Waals surface area contributed by atoms with Gasteiger partial charge in [-0.3, -0.25) is 0 Å². The second-order valence-electron chi connectivity index (χ2n) is 5.39. The Morgan fingerprint density at radius 1 is 1.00 bits per heavy atom. The Morgan fingerprint density at radius 2 is 1.72 bits per heavy atom. The van der Waals surface area contributed by atoms with Gasteiger partial charge in [0, 0.05) is 6.07 Å². The Bertz CT molecular complexity index is 924. The van der Waals surface area contributed by atoms with Crippen LogP contribution < -0.4 is 9.47 Å². The topological polar surface area (TPSA) is 70.5 Å². The van der Waals surface area contributed by atoms with E-state index in [9.17, 15) is 4.79 Å². The number of methoxy groups -OCH3 is 2. The van der Waals surface area contributed by atoms with E-state index in [-0.39, 0.29) is 6.61 Å². The lowest BCUT2D eigenvalue weighted by Crippen LogP contribution is -2.09. The number of hydrogen-bond donors (Lipinski definition) is 0. The molecule has 25 heavy (non-hydrogen) atoms. The average molecular weight is 338 g/mol. The zero-order valence-electron chi connectivity index (χ0n) is 14.3. The molecule has 0 radical (unpaired) electrons. The quantitative estimate of drug-likeness (QED) is 0.665. The molecule has 6 nitrogen and oxygen atoms in total. The van der Waals surface area contributed by atoms with Gasteiger partial charge in [-0.2, -0.15) is 0 Å². The summed E-state index contributed by atoms with van der Waals surface area (Å²) in [5.41, 5.74) is 3.26. The number of hydrogen-bond acceptors (Lipinski definition) is 6. The van der Waals surface area contributed by atoms with E-state index in [0.29, 0.717) is 22.8 Å². The zero-order valence-corrected chi connectivity index (χ0v) is 14.3. The van der Waals surface area contributed by atoms with Crippen molar-refractivity contribution in [2.75, 3.05) is 14.2 Å². The summed E-state index contributed by atoms with van der Waals surface area (Å²) in [4.78, 5) is 21.4. The number of para-hydroxylation sites is 2. The molecule has 0 N–H and O–H groups in total. The van der Waals surface area contributed by atoms with Gasteiger partial charge in [0.15, 0.2) is 0 Å². The summed E-state index contributed by atoms with van der Waals surface area (Å²) in [6.45, 7) is 1.88. The minimum atomic E-state index is -0.492. The summed E-state index contributed by atoms with van der Waals surface area (Å²) < 4.78 is 15.8. The maximum absolute atomic E-state index is 12.4. The number of carbonyl (C=O) groups excluding carboxylic acids is 1. The van der Waals surface area contributed by atoms with Gasteiger partial charge in [-0.05, 0) is 31.2 Å². The third-order valence-electron chi connectivity index (χ3n) is 3.81. The van der Waals surface area contributed by atoms with Crippen molar-refractivity contribution < 1.29 is 19.0 Å². The van der Waals surface area contributed by atoms with E-state index in [4.69, 9.17) is 14.2 Å². The van der Waals surface area contributed by atoms with Crippen LogP contribution in [0.3, 0.4) is 0 Å². The van der Waals surface area contributed by atoms with Crippen LogP contribution in [0.15, 0.2) is 42.5 Å². The van der Waals surface area contributed by atoms with Gasteiger partial charge in [0.25, 0.3) is 0 Å². The van der Waals surface area contributed by atoms with Crippen molar-refractivity contribution in [3.05, 3.63) is 59.4 Å². The Kier molecular flexibility index (Phi) is 4.79. The van der Waals surface area contributed by atoms with Crippen molar-refractivity contribution in [1.29, 1.82) is 0 Å². The molecule has 0 aliphatic heterocycles. The number of carbonyl (C=O) groups is 1. The van der Waals surface area contributed by atoms with E-state index in [1.807, 2.05) is 31.2 Å². The standard InChI is InChI=1S/C19H18N2O4/c1-12-17(21-16-7-5-4-6-15(16)20-12)11-25-19(22)14-9-8-13(23-2)10-18(14)24-3/h4-10H,11H2,1-3H3. The maximum Gasteiger partial charge on any atom is 0.342 e. The molecule has 0 saturated carbocycles. The van der Waals surface area contributed by atoms with Crippen LogP contribution in [0.1, 0.15) is 21.7 Å². The second kappa shape index (κ2) is 7.17. The van der Waals surface area contributed by atoms with Crippen LogP contribution >= 0.6 is 0 Å². The summed E-state index contributed by atoms with van der Waals surface area (Å²) in [6.07, 6.45) is 0. The first kappa shape index (κ1) is 16.7. The Labute approximate surface area is 145 Å². The molecule has 6 heteroatoms. The van der Waals surface area contributed by atoms with E-state index in [2.05, 4.69) is 9.97 Å². The van der Waals surface area contributed by atoms with Gasteiger partial charge in [0.05, 0.1) is 36.6 Å². The summed E-state index contributed by atoms with van der Waals surface area (Å²) in [7, 11) is 3.04. The monoisotopic (exact) mass is 338 g/mol. The summed E-state index contributed by atoms with van der Waals surface area (Å²) in [5.74, 6) is 0.504. The van der Waals surface area contributed by atoms with Crippen molar-refractivity contribution in [1.82, 2.24) is 9.97 Å². The van der Waals surface area contributed by atoms with E-state index in [0.717, 1.165) is 16.7 Å². The molecule has 0 amide bonds. The van der Waals surface area contributed by atoms with Crippen molar-refractivity contribution in [2.24, 2.45) is 0 Å². The summed E-state index contributed by atoms with van der Waals surface area (Å²) >= 11 is 0. The van der Waals surface area contributed by atoms with Crippen molar-refractivity contribution in [3.63, 3.8) is 0 Å². The molecule has 0 fully saturated rings. The molecule has 0 aliphatic carbocycles. The van der Waals surface area contributed by atoms with Gasteiger partial charge in [-0.25, -0.2) is 14.8 Å². The highest BCUT2D eigenvalue weighted by atomic mass is 16.5. The third-order valence-corrected chi connectivity index (χ3v) is 3.81. The maximum atomic E-state index is 12.4. The predicted molar refractivity (Wildman–Crippen MR) is 92.9 cm³/mol. The number of esters is 1. The first-order chi connectivity index (χ1) is 12.1. The number of aromatic nitrogens is 2. The van der Waals surface area contributed by atoms with Crippen LogP contribution in [-0.4, -0.2) is 30.2 Å². The molecule has 3 rings (SSSR count). The van der Waals surface area contributed by atoms with Gasteiger partial charge in [0.1, 0.15) is 23.7 Å². The smallest absolute Gasteiger partial charge is 0.342 e. The Morgan fingerprint density at radius 3 is 2.40 bits per heavy atom. The largest absolute Gasteiger partial charge is 0.497 e. The number of aryl methyl sites for hydroxylation is 1. The van der Waals surface area contributed by atoms with Crippen molar-refractivity contribution in [3.8, 4) is 11.5 Å². The van der Waals surface area contributed by atoms with Crippen LogP contribution in [0.4, 0.5) is 0 Å². The van der Waals surface area contributed by atoms with E-state index < -0.39 is 5.97 Å². The van der Waals surface area contributed by atoms with Gasteiger partial charge in [-0.1, -0.05) is 12.1 Å². The fourth-order valence-electron chi connectivity index (χ4n) is 2.44. The van der Waals surface area contributed by atoms with Crippen molar-refractivity contribution >= 4 is 17.0 Å². The molecule has 2 aromatic carbocycles. The molecule has 128 valence electrons. The SMILES string of the molecule is COc1ccc(C(=O)OCc2nc3ccccc3nc2C)c(OC)c1. The first-order valence-corrected chi connectivity index (χ1v) is 7.74. The van der Waals surface area contributed by atoms with E-state index in [1.54, 1.807) is 25.3 Å². The molecular weight excluding hydrogens is 320 g/mol. The fraction of sp³-hybridized carbons (Fsp3) is 0.211. The molecule has 0 spiro atoms. The van der Waals surface area contributed by atoms with Gasteiger partial charge in [0.2, 0.25) is 0 Å². The fourth-order valence-corrected chi connectivity index (χ4v) is 2.44. The lowest BCUT2D eigenvalue weighted by Gasteiger charge is -2.11. The van der Waals surface area contributed by atoms with E-state index in [1.165, 1.54) is 7.11 Å². The minimum absolute atomic E-state index is 0.0394. The van der Waals surface area contributed by atoms with Gasteiger partial charge in [-0.15, -0.1) is 0 Å². The lowest BCUT2D eigenvalue weighted by atomic mass is 10.2. The minimum Gasteiger partial charge on any atom is -0.497 e. The molecule has 0 saturated heterocycles. The van der Waals surface area contributed by atoms with Crippen LogP contribution in [0.2, 0.25) is 0 Å². The first-order valence-electron chi connectivity index (χ1n) is 7.74. The molecule has 3 aromatic rings. The number of nitrogens with zero attached hydrogens (tertiary/aromatic N) is 2. The third kappa shape index (κ3) is 3.52. The van der Waals surface area contributed by atoms with E-state index >= 15 is 0 Å².